The molecule has 0 amide bonds. The second-order valence-corrected chi connectivity index (χ2v) is 4.73. The monoisotopic (exact) mass is 337 g/mol. The molecule has 120 valence electrons. The van der Waals surface area contributed by atoms with E-state index in [1.807, 2.05) is 12.1 Å². The summed E-state index contributed by atoms with van der Waals surface area (Å²) in [5.74, 6) is 0. The van der Waals surface area contributed by atoms with E-state index in [1.54, 1.807) is 12.1 Å². The summed E-state index contributed by atoms with van der Waals surface area (Å²) in [5, 5.41) is 21.1. The van der Waals surface area contributed by atoms with E-state index in [-0.39, 0.29) is 31.4 Å². The maximum absolute atomic E-state index is 10.4. The standard InChI is InChI=1S/C13H19N3O3.2ClH/c17-10-13(18)9-15-5-7-16(8-6-15)12-3-1-11(14-19)2-4-12;;/h1-4,13,17-18H,5-10H2;2*1H. The van der Waals surface area contributed by atoms with Crippen molar-refractivity contribution in [2.45, 2.75) is 6.10 Å². The Balaban J connectivity index is 0.00000200. The van der Waals surface area contributed by atoms with Crippen molar-refractivity contribution in [3.8, 4) is 0 Å². The molecule has 1 heterocycles. The van der Waals surface area contributed by atoms with E-state index in [0.717, 1.165) is 31.9 Å². The fraction of sp³-hybridized carbons (Fsp3) is 0.538. The quantitative estimate of drug-likeness (QED) is 0.794. The molecule has 2 N–H and O–H groups in total. The van der Waals surface area contributed by atoms with E-state index < -0.39 is 6.10 Å². The van der Waals surface area contributed by atoms with Gasteiger partial charge in [0.25, 0.3) is 0 Å². The first kappa shape index (κ1) is 20.1. The van der Waals surface area contributed by atoms with Crippen LogP contribution in [-0.4, -0.2) is 60.5 Å². The molecule has 0 spiro atoms. The molecule has 1 atom stereocenters. The molecule has 0 aliphatic carbocycles. The van der Waals surface area contributed by atoms with Crippen molar-refractivity contribution in [3.63, 3.8) is 0 Å². The van der Waals surface area contributed by atoms with Crippen molar-refractivity contribution >= 4 is 36.2 Å². The molecule has 1 unspecified atom stereocenters. The second kappa shape index (κ2) is 9.92. The van der Waals surface area contributed by atoms with Gasteiger partial charge < -0.3 is 15.1 Å². The molecule has 2 rings (SSSR count). The van der Waals surface area contributed by atoms with Crippen LogP contribution in [0.15, 0.2) is 29.4 Å². The van der Waals surface area contributed by atoms with Crippen LogP contribution in [-0.2, 0) is 0 Å². The number of halogens is 2. The van der Waals surface area contributed by atoms with Crippen LogP contribution in [0.1, 0.15) is 0 Å². The Labute approximate surface area is 136 Å². The smallest absolute Gasteiger partial charge is 0.108 e. The number of hydrogen-bond donors (Lipinski definition) is 2. The highest BCUT2D eigenvalue weighted by atomic mass is 35.5. The number of piperazine rings is 1. The largest absolute Gasteiger partial charge is 0.394 e. The highest BCUT2D eigenvalue weighted by Crippen LogP contribution is 2.20. The average molecular weight is 338 g/mol. The lowest BCUT2D eigenvalue weighted by atomic mass is 10.2. The zero-order valence-electron chi connectivity index (χ0n) is 11.6. The first-order valence-electron chi connectivity index (χ1n) is 6.42. The van der Waals surface area contributed by atoms with Gasteiger partial charge in [-0.05, 0) is 29.4 Å². The lowest BCUT2D eigenvalue weighted by Gasteiger charge is -2.36. The first-order chi connectivity index (χ1) is 9.22. The van der Waals surface area contributed by atoms with E-state index >= 15 is 0 Å². The number of nitroso groups, excluding NO2 is 1. The first-order valence-corrected chi connectivity index (χ1v) is 6.42. The van der Waals surface area contributed by atoms with Crippen molar-refractivity contribution in [2.24, 2.45) is 5.18 Å². The molecule has 1 fully saturated rings. The number of benzene rings is 1. The minimum Gasteiger partial charge on any atom is -0.394 e. The number of nitrogens with zero attached hydrogens (tertiary/aromatic N) is 3. The molecule has 1 aliphatic heterocycles. The molecule has 1 aromatic carbocycles. The Kier molecular flexibility index (Phi) is 9.48. The Bertz CT molecular complexity index is 412. The van der Waals surface area contributed by atoms with Crippen LogP contribution < -0.4 is 4.90 Å². The highest BCUT2D eigenvalue weighted by Gasteiger charge is 2.19. The highest BCUT2D eigenvalue weighted by molar-refractivity contribution is 5.85. The van der Waals surface area contributed by atoms with Gasteiger partial charge in [0.15, 0.2) is 0 Å². The molecule has 1 saturated heterocycles. The summed E-state index contributed by atoms with van der Waals surface area (Å²) < 4.78 is 0. The number of aliphatic hydroxyl groups excluding tert-OH is 2. The topological polar surface area (TPSA) is 76.4 Å². The van der Waals surface area contributed by atoms with Gasteiger partial charge in [0.2, 0.25) is 0 Å². The van der Waals surface area contributed by atoms with Crippen LogP contribution in [0.2, 0.25) is 0 Å². The van der Waals surface area contributed by atoms with Gasteiger partial charge in [-0.3, -0.25) is 4.90 Å². The molecule has 21 heavy (non-hydrogen) atoms. The number of aliphatic hydroxyl groups is 2. The van der Waals surface area contributed by atoms with E-state index in [2.05, 4.69) is 15.0 Å². The lowest BCUT2D eigenvalue weighted by molar-refractivity contribution is 0.0575. The van der Waals surface area contributed by atoms with Crippen LogP contribution >= 0.6 is 24.8 Å². The van der Waals surface area contributed by atoms with Crippen LogP contribution in [0.5, 0.6) is 0 Å². The number of anilines is 1. The summed E-state index contributed by atoms with van der Waals surface area (Å²) in [6, 6.07) is 7.22. The molecule has 0 saturated carbocycles. The Hall–Kier alpha value is -0.920. The molecule has 1 aromatic rings. The third-order valence-corrected chi connectivity index (χ3v) is 3.37. The van der Waals surface area contributed by atoms with Gasteiger partial charge in [-0.2, -0.15) is 0 Å². The third kappa shape index (κ3) is 5.76. The van der Waals surface area contributed by atoms with E-state index in [1.165, 1.54) is 0 Å². The fourth-order valence-corrected chi connectivity index (χ4v) is 2.27. The summed E-state index contributed by atoms with van der Waals surface area (Å²) in [6.45, 7) is 3.76. The molecule has 0 bridgehead atoms. The molecule has 8 heteroatoms. The predicted molar refractivity (Wildman–Crippen MR) is 88.1 cm³/mol. The van der Waals surface area contributed by atoms with E-state index in [9.17, 15) is 10.0 Å². The Morgan fingerprint density at radius 3 is 2.14 bits per heavy atom. The number of β-amino-alcohol motifs (C(OH)–C–C–N with tert-alkyl or cyclic N) is 1. The minimum atomic E-state index is -0.663. The van der Waals surface area contributed by atoms with Crippen molar-refractivity contribution < 1.29 is 10.2 Å². The van der Waals surface area contributed by atoms with Gasteiger partial charge in [-0.1, -0.05) is 0 Å². The van der Waals surface area contributed by atoms with Crippen molar-refractivity contribution in [2.75, 3.05) is 44.2 Å². The van der Waals surface area contributed by atoms with Crippen LogP contribution in [0, 0.1) is 4.91 Å². The summed E-state index contributed by atoms with van der Waals surface area (Å²) in [6.07, 6.45) is -0.663. The van der Waals surface area contributed by atoms with Gasteiger partial charge in [-0.25, -0.2) is 0 Å². The minimum absolute atomic E-state index is 0. The second-order valence-electron chi connectivity index (χ2n) is 4.73. The van der Waals surface area contributed by atoms with Gasteiger partial charge in [0, 0.05) is 38.4 Å². The van der Waals surface area contributed by atoms with Gasteiger partial charge in [0.1, 0.15) is 5.69 Å². The summed E-state index contributed by atoms with van der Waals surface area (Å²) >= 11 is 0. The molecule has 0 radical (unpaired) electrons. The molecule has 0 aromatic heterocycles. The van der Waals surface area contributed by atoms with Crippen molar-refractivity contribution in [3.05, 3.63) is 29.2 Å². The van der Waals surface area contributed by atoms with Gasteiger partial charge in [0.05, 0.1) is 12.7 Å². The normalized spacial score (nSPS) is 16.6. The molecule has 6 nitrogen and oxygen atoms in total. The SMILES string of the molecule is Cl.Cl.O=Nc1ccc(N2CCN(CC(O)CO)CC2)cc1. The molecular weight excluding hydrogens is 317 g/mol. The summed E-state index contributed by atoms with van der Waals surface area (Å²) in [4.78, 5) is 14.7. The zero-order chi connectivity index (χ0) is 13.7. The summed E-state index contributed by atoms with van der Waals surface area (Å²) in [5.41, 5.74) is 1.52. The molecular formula is C13H21Cl2N3O3. The summed E-state index contributed by atoms with van der Waals surface area (Å²) in [7, 11) is 0. The van der Waals surface area contributed by atoms with Gasteiger partial charge in [-0.15, -0.1) is 29.7 Å². The maximum Gasteiger partial charge on any atom is 0.108 e. The Morgan fingerprint density at radius 1 is 1.10 bits per heavy atom. The van der Waals surface area contributed by atoms with E-state index in [4.69, 9.17) is 5.11 Å². The fourth-order valence-electron chi connectivity index (χ4n) is 2.27. The number of rotatable bonds is 5. The predicted octanol–water partition coefficient (Wildman–Crippen LogP) is 1.40. The Morgan fingerprint density at radius 2 is 1.67 bits per heavy atom. The third-order valence-electron chi connectivity index (χ3n) is 3.37. The van der Waals surface area contributed by atoms with Gasteiger partial charge >= 0.3 is 0 Å². The average Bonchev–Trinajstić information content (AvgIpc) is 2.48. The maximum atomic E-state index is 10.4. The number of hydrogen-bond acceptors (Lipinski definition) is 6. The zero-order valence-corrected chi connectivity index (χ0v) is 13.2. The van der Waals surface area contributed by atoms with Crippen LogP contribution in [0.3, 0.4) is 0 Å². The lowest BCUT2D eigenvalue weighted by Crippen LogP contribution is -2.49. The molecule has 1 aliphatic rings. The van der Waals surface area contributed by atoms with Crippen molar-refractivity contribution in [1.82, 2.24) is 4.90 Å². The van der Waals surface area contributed by atoms with Crippen molar-refractivity contribution in [1.29, 1.82) is 0 Å². The van der Waals surface area contributed by atoms with Crippen LogP contribution in [0.25, 0.3) is 0 Å². The van der Waals surface area contributed by atoms with Crippen LogP contribution in [0.4, 0.5) is 11.4 Å². The van der Waals surface area contributed by atoms with E-state index in [0.29, 0.717) is 12.2 Å².